The molecule has 0 saturated carbocycles. The maximum Gasteiger partial charge on any atom is 0.239 e. The molecule has 0 fully saturated rings. The highest BCUT2D eigenvalue weighted by atomic mass is 35.5. The van der Waals surface area contributed by atoms with Crippen LogP contribution in [0.4, 0.5) is 10.2 Å². The smallest absolute Gasteiger partial charge is 0.239 e. The van der Waals surface area contributed by atoms with E-state index in [1.807, 2.05) is 0 Å². The van der Waals surface area contributed by atoms with E-state index in [2.05, 4.69) is 20.9 Å². The van der Waals surface area contributed by atoms with Gasteiger partial charge in [0.2, 0.25) is 11.8 Å². The first kappa shape index (κ1) is 19.9. The van der Waals surface area contributed by atoms with Gasteiger partial charge in [-0.1, -0.05) is 35.3 Å². The second-order valence-electron chi connectivity index (χ2n) is 5.34. The van der Waals surface area contributed by atoms with Crippen molar-refractivity contribution in [2.24, 2.45) is 0 Å². The topological polar surface area (TPSA) is 83.1 Å². The van der Waals surface area contributed by atoms with Crippen LogP contribution in [0.25, 0.3) is 0 Å². The highest BCUT2D eigenvalue weighted by molar-refractivity contribution is 6.35. The predicted octanol–water partition coefficient (Wildman–Crippen LogP) is 2.41. The average molecular weight is 399 g/mol. The third-order valence-corrected chi connectivity index (χ3v) is 3.74. The second kappa shape index (κ2) is 9.94. The van der Waals surface area contributed by atoms with Crippen molar-refractivity contribution in [3.05, 3.63) is 58.0 Å². The molecular formula is C17H17Cl2FN4O2. The standard InChI is InChI=1S/C17H17Cl2FN4O2/c18-12-8-14(19)17(24-9-12)22-5-4-21-16(26)10-23-15(25)7-11-2-1-3-13(20)6-11/h1-3,6,8-9H,4-5,7,10H2,(H,21,26)(H,22,24)(H,23,25). The summed E-state index contributed by atoms with van der Waals surface area (Å²) in [5.41, 5.74) is 0.541. The van der Waals surface area contributed by atoms with Crippen LogP contribution in [-0.2, 0) is 16.0 Å². The molecule has 1 aromatic carbocycles. The van der Waals surface area contributed by atoms with E-state index in [1.54, 1.807) is 12.1 Å². The van der Waals surface area contributed by atoms with Crippen LogP contribution < -0.4 is 16.0 Å². The van der Waals surface area contributed by atoms with Crippen molar-refractivity contribution in [2.45, 2.75) is 6.42 Å². The van der Waals surface area contributed by atoms with Gasteiger partial charge in [-0.05, 0) is 23.8 Å². The van der Waals surface area contributed by atoms with E-state index in [-0.39, 0.29) is 24.8 Å². The Labute approximate surface area is 160 Å². The molecule has 0 spiro atoms. The van der Waals surface area contributed by atoms with Crippen molar-refractivity contribution >= 4 is 40.8 Å². The van der Waals surface area contributed by atoms with Gasteiger partial charge in [0.1, 0.15) is 11.6 Å². The summed E-state index contributed by atoms with van der Waals surface area (Å²) in [5.74, 6) is -0.639. The molecule has 138 valence electrons. The Hall–Kier alpha value is -2.38. The van der Waals surface area contributed by atoms with Crippen molar-refractivity contribution in [3.63, 3.8) is 0 Å². The largest absolute Gasteiger partial charge is 0.367 e. The molecule has 1 aromatic heterocycles. The van der Waals surface area contributed by atoms with Gasteiger partial charge in [0.05, 0.1) is 23.0 Å². The van der Waals surface area contributed by atoms with Crippen LogP contribution in [0.5, 0.6) is 0 Å². The Kier molecular flexibility index (Phi) is 7.62. The number of benzene rings is 1. The van der Waals surface area contributed by atoms with Crippen molar-refractivity contribution in [1.82, 2.24) is 15.6 Å². The zero-order valence-corrected chi connectivity index (χ0v) is 15.2. The first-order chi connectivity index (χ1) is 12.4. The molecular weight excluding hydrogens is 382 g/mol. The Bertz CT molecular complexity index is 789. The molecule has 2 aromatic rings. The van der Waals surface area contributed by atoms with Crippen LogP contribution in [0.2, 0.25) is 10.0 Å². The van der Waals surface area contributed by atoms with Gasteiger partial charge in [0.15, 0.2) is 0 Å². The molecule has 0 aliphatic rings. The minimum Gasteiger partial charge on any atom is -0.367 e. The van der Waals surface area contributed by atoms with Crippen molar-refractivity contribution in [2.75, 3.05) is 25.0 Å². The second-order valence-corrected chi connectivity index (χ2v) is 6.19. The lowest BCUT2D eigenvalue weighted by atomic mass is 10.1. The van der Waals surface area contributed by atoms with Gasteiger partial charge >= 0.3 is 0 Å². The molecule has 1 heterocycles. The van der Waals surface area contributed by atoms with E-state index >= 15 is 0 Å². The van der Waals surface area contributed by atoms with Gasteiger partial charge in [-0.3, -0.25) is 9.59 Å². The zero-order valence-electron chi connectivity index (χ0n) is 13.7. The minimum atomic E-state index is -0.407. The lowest BCUT2D eigenvalue weighted by Crippen LogP contribution is -2.39. The van der Waals surface area contributed by atoms with Crippen LogP contribution in [-0.4, -0.2) is 36.4 Å². The summed E-state index contributed by atoms with van der Waals surface area (Å²) in [7, 11) is 0. The van der Waals surface area contributed by atoms with Crippen LogP contribution in [0.1, 0.15) is 5.56 Å². The number of rotatable bonds is 8. The number of halogens is 3. The normalized spacial score (nSPS) is 10.3. The summed E-state index contributed by atoms with van der Waals surface area (Å²) in [6.07, 6.45) is 1.47. The molecule has 0 aliphatic heterocycles. The third kappa shape index (κ3) is 6.85. The molecule has 0 radical (unpaired) electrons. The molecule has 0 aliphatic carbocycles. The quantitative estimate of drug-likeness (QED) is 0.596. The van der Waals surface area contributed by atoms with E-state index in [4.69, 9.17) is 23.2 Å². The summed E-state index contributed by atoms with van der Waals surface area (Å²) < 4.78 is 13.1. The van der Waals surface area contributed by atoms with Gasteiger partial charge in [0, 0.05) is 19.3 Å². The molecule has 0 saturated heterocycles. The Morgan fingerprint density at radius 2 is 1.88 bits per heavy atom. The number of aromatic nitrogens is 1. The number of nitrogens with zero attached hydrogens (tertiary/aromatic N) is 1. The maximum atomic E-state index is 13.1. The summed E-state index contributed by atoms with van der Waals surface area (Å²) in [5, 5.41) is 8.90. The van der Waals surface area contributed by atoms with Crippen molar-refractivity contribution in [1.29, 1.82) is 0 Å². The molecule has 26 heavy (non-hydrogen) atoms. The first-order valence-electron chi connectivity index (χ1n) is 7.77. The zero-order chi connectivity index (χ0) is 18.9. The van der Waals surface area contributed by atoms with Gasteiger partial charge in [-0.2, -0.15) is 0 Å². The number of hydrogen-bond donors (Lipinski definition) is 3. The van der Waals surface area contributed by atoms with Crippen LogP contribution >= 0.6 is 23.2 Å². The lowest BCUT2D eigenvalue weighted by Gasteiger charge is -2.09. The molecule has 2 rings (SSSR count). The summed E-state index contributed by atoms with van der Waals surface area (Å²) >= 11 is 11.7. The number of nitrogens with one attached hydrogen (secondary N) is 3. The van der Waals surface area contributed by atoms with Gasteiger partial charge in [-0.25, -0.2) is 9.37 Å². The molecule has 0 unspecified atom stereocenters. The van der Waals surface area contributed by atoms with E-state index in [9.17, 15) is 14.0 Å². The highest BCUT2D eigenvalue weighted by Crippen LogP contribution is 2.21. The predicted molar refractivity (Wildman–Crippen MR) is 98.9 cm³/mol. The number of hydrogen-bond acceptors (Lipinski definition) is 4. The van der Waals surface area contributed by atoms with E-state index in [1.165, 1.54) is 24.4 Å². The summed E-state index contributed by atoms with van der Waals surface area (Å²) in [6, 6.07) is 7.31. The van der Waals surface area contributed by atoms with Gasteiger partial charge in [-0.15, -0.1) is 0 Å². The molecule has 2 amide bonds. The summed E-state index contributed by atoms with van der Waals surface area (Å²) in [4.78, 5) is 27.5. The SMILES string of the molecule is O=C(CNC(=O)Cc1cccc(F)c1)NCCNc1ncc(Cl)cc1Cl. The minimum absolute atomic E-state index is 0.00727. The molecule has 3 N–H and O–H groups in total. The third-order valence-electron chi connectivity index (χ3n) is 3.25. The number of amides is 2. The fourth-order valence-electron chi connectivity index (χ4n) is 2.06. The molecule has 9 heteroatoms. The van der Waals surface area contributed by atoms with Gasteiger partial charge in [0.25, 0.3) is 0 Å². The highest BCUT2D eigenvalue weighted by Gasteiger charge is 2.07. The average Bonchev–Trinajstić information content (AvgIpc) is 2.58. The maximum absolute atomic E-state index is 13.1. The van der Waals surface area contributed by atoms with Crippen LogP contribution in [0, 0.1) is 5.82 Å². The number of anilines is 1. The number of pyridine rings is 1. The molecule has 0 atom stereocenters. The first-order valence-corrected chi connectivity index (χ1v) is 8.52. The Balaban J connectivity index is 1.63. The molecule has 6 nitrogen and oxygen atoms in total. The Morgan fingerprint density at radius 1 is 1.08 bits per heavy atom. The van der Waals surface area contributed by atoms with E-state index in [0.717, 1.165) is 0 Å². The number of carbonyl (C=O) groups is 2. The fourth-order valence-corrected chi connectivity index (χ4v) is 2.51. The molecule has 0 bridgehead atoms. The lowest BCUT2D eigenvalue weighted by molar-refractivity contribution is -0.125. The van der Waals surface area contributed by atoms with Crippen molar-refractivity contribution < 1.29 is 14.0 Å². The van der Waals surface area contributed by atoms with E-state index < -0.39 is 5.82 Å². The van der Waals surface area contributed by atoms with Crippen LogP contribution in [0.3, 0.4) is 0 Å². The van der Waals surface area contributed by atoms with E-state index in [0.29, 0.717) is 34.5 Å². The van der Waals surface area contributed by atoms with Crippen LogP contribution in [0.15, 0.2) is 36.5 Å². The van der Waals surface area contributed by atoms with Crippen molar-refractivity contribution in [3.8, 4) is 0 Å². The Morgan fingerprint density at radius 3 is 2.62 bits per heavy atom. The van der Waals surface area contributed by atoms with Gasteiger partial charge < -0.3 is 16.0 Å². The number of carbonyl (C=O) groups excluding carboxylic acids is 2. The summed E-state index contributed by atoms with van der Waals surface area (Å²) in [6.45, 7) is 0.560. The monoisotopic (exact) mass is 398 g/mol. The fraction of sp³-hybridized carbons (Fsp3) is 0.235.